The number of rotatable bonds is 14. The van der Waals surface area contributed by atoms with E-state index in [0.717, 1.165) is 25.7 Å². The molecule has 0 saturated carbocycles. The Morgan fingerprint density at radius 3 is 1.95 bits per heavy atom. The van der Waals surface area contributed by atoms with E-state index >= 15 is 0 Å². The van der Waals surface area contributed by atoms with Gasteiger partial charge in [0.1, 0.15) is 0 Å². The maximum Gasteiger partial charge on any atom is 0.303 e. The van der Waals surface area contributed by atoms with E-state index in [9.17, 15) is 4.79 Å². The Morgan fingerprint density at radius 1 is 0.800 bits per heavy atom. The molecule has 20 heavy (non-hydrogen) atoms. The lowest BCUT2D eigenvalue weighted by Gasteiger charge is -1.98. The van der Waals surface area contributed by atoms with Crippen LogP contribution in [0.15, 0.2) is 24.3 Å². The van der Waals surface area contributed by atoms with Crippen LogP contribution in [0.3, 0.4) is 0 Å². The molecule has 0 fully saturated rings. The fraction of sp³-hybridized carbons (Fsp3) is 0.722. The number of carbonyl (C=O) groups is 1. The van der Waals surface area contributed by atoms with E-state index in [2.05, 4.69) is 31.2 Å². The number of allylic oxidation sites excluding steroid dienone is 4. The van der Waals surface area contributed by atoms with Crippen molar-refractivity contribution in [3.63, 3.8) is 0 Å². The molecule has 0 aliphatic rings. The van der Waals surface area contributed by atoms with Crippen molar-refractivity contribution in [3.05, 3.63) is 24.3 Å². The van der Waals surface area contributed by atoms with Crippen molar-refractivity contribution in [1.29, 1.82) is 0 Å². The SMILES string of the molecule is CCCCC/C=C/C/C=C/CCCCCCC[14C](=O)O. The molecule has 1 N–H and O–H groups in total. The standard InChI is InChI=1S/C18H32O2/c1-2-3-4-5-6-7-8-9-10-11-12-13-14-15-16-17-18(19)20/h6-7,9-10H,2-5,8,11-17H2,1H3,(H,19,20)/b7-6+,10-9+/i18+2. The van der Waals surface area contributed by atoms with Gasteiger partial charge in [0.2, 0.25) is 0 Å². The van der Waals surface area contributed by atoms with Crippen LogP contribution in [-0.2, 0) is 4.79 Å². The maximum atomic E-state index is 10.3. The molecule has 116 valence electrons. The molecule has 0 aromatic carbocycles. The second kappa shape index (κ2) is 16.0. The first-order valence-electron chi connectivity index (χ1n) is 8.29. The summed E-state index contributed by atoms with van der Waals surface area (Å²) >= 11 is 0. The number of unbranched alkanes of at least 4 members (excludes halogenated alkanes) is 8. The molecule has 0 unspecified atom stereocenters. The summed E-state index contributed by atoms with van der Waals surface area (Å²) in [6.07, 6.45) is 22.3. The highest BCUT2D eigenvalue weighted by molar-refractivity contribution is 5.66. The predicted octanol–water partition coefficient (Wildman–Crippen LogP) is 5.88. The van der Waals surface area contributed by atoms with Gasteiger partial charge >= 0.3 is 5.97 Å². The van der Waals surface area contributed by atoms with Gasteiger partial charge in [-0.05, 0) is 38.5 Å². The molecule has 0 radical (unpaired) electrons. The van der Waals surface area contributed by atoms with Crippen LogP contribution >= 0.6 is 0 Å². The lowest BCUT2D eigenvalue weighted by atomic mass is 10.1. The van der Waals surface area contributed by atoms with Gasteiger partial charge in [0.15, 0.2) is 0 Å². The first kappa shape index (κ1) is 18.9. The number of carboxylic acids is 1. The van der Waals surface area contributed by atoms with Crippen LogP contribution in [0.2, 0.25) is 0 Å². The molecule has 0 aliphatic carbocycles. The van der Waals surface area contributed by atoms with Gasteiger partial charge < -0.3 is 5.11 Å². The average Bonchev–Trinajstić information content (AvgIpc) is 2.43. The van der Waals surface area contributed by atoms with E-state index in [4.69, 9.17) is 5.11 Å². The lowest BCUT2D eigenvalue weighted by Crippen LogP contribution is -1.93. The van der Waals surface area contributed by atoms with Gasteiger partial charge in [-0.15, -0.1) is 0 Å². The molecule has 0 saturated heterocycles. The van der Waals surface area contributed by atoms with Crippen molar-refractivity contribution in [3.8, 4) is 0 Å². The average molecular weight is 282 g/mol. The second-order valence-corrected chi connectivity index (χ2v) is 5.37. The van der Waals surface area contributed by atoms with E-state index in [1.807, 2.05) is 0 Å². The van der Waals surface area contributed by atoms with Crippen LogP contribution in [0.25, 0.3) is 0 Å². The molecule has 0 bridgehead atoms. The Hall–Kier alpha value is -1.05. The van der Waals surface area contributed by atoms with Crippen molar-refractivity contribution < 1.29 is 9.90 Å². The molecule has 0 atom stereocenters. The van der Waals surface area contributed by atoms with Gasteiger partial charge in [-0.3, -0.25) is 4.79 Å². The first-order chi connectivity index (χ1) is 9.77. The number of carboxylic acid groups (broad SMARTS) is 1. The first-order valence-corrected chi connectivity index (χ1v) is 8.29. The summed E-state index contributed by atoms with van der Waals surface area (Å²) in [4.78, 5) is 10.3. The molecule has 0 amide bonds. The Balaban J connectivity index is 3.17. The summed E-state index contributed by atoms with van der Waals surface area (Å²) in [6, 6.07) is 0. The summed E-state index contributed by atoms with van der Waals surface area (Å²) < 4.78 is 0. The highest BCUT2D eigenvalue weighted by atomic mass is 16.6. The van der Waals surface area contributed by atoms with Gasteiger partial charge in [-0.2, -0.15) is 0 Å². The molecule has 2 nitrogen and oxygen atoms in total. The van der Waals surface area contributed by atoms with Crippen LogP contribution in [0, 0.1) is 0 Å². The molecule has 0 aliphatic heterocycles. The van der Waals surface area contributed by atoms with Crippen molar-refractivity contribution in [2.24, 2.45) is 0 Å². The number of hydrogen-bond acceptors (Lipinski definition) is 1. The van der Waals surface area contributed by atoms with E-state index in [1.165, 1.54) is 44.9 Å². The third-order valence-corrected chi connectivity index (χ3v) is 3.34. The van der Waals surface area contributed by atoms with Crippen molar-refractivity contribution in [2.45, 2.75) is 84.0 Å². The van der Waals surface area contributed by atoms with Crippen molar-refractivity contribution >= 4 is 5.97 Å². The zero-order valence-electron chi connectivity index (χ0n) is 13.2. The molecule has 0 spiro atoms. The highest BCUT2D eigenvalue weighted by Gasteiger charge is 1.95. The largest absolute Gasteiger partial charge is 0.481 e. The smallest absolute Gasteiger partial charge is 0.303 e. The summed E-state index contributed by atoms with van der Waals surface area (Å²) in [5, 5.41) is 8.50. The van der Waals surface area contributed by atoms with Crippen molar-refractivity contribution in [1.82, 2.24) is 0 Å². The zero-order chi connectivity index (χ0) is 14.9. The fourth-order valence-corrected chi connectivity index (χ4v) is 2.09. The Bertz CT molecular complexity index is 267. The Kier molecular flexibility index (Phi) is 15.2. The maximum absolute atomic E-state index is 10.3. The third-order valence-electron chi connectivity index (χ3n) is 3.34. The van der Waals surface area contributed by atoms with E-state index in [-0.39, 0.29) is 0 Å². The quantitative estimate of drug-likeness (QED) is 0.319. The Labute approximate surface area is 125 Å². The molecule has 0 rings (SSSR count). The third kappa shape index (κ3) is 16.9. The number of hydrogen-bond donors (Lipinski definition) is 1. The Morgan fingerprint density at radius 2 is 1.35 bits per heavy atom. The van der Waals surface area contributed by atoms with Gasteiger partial charge in [-0.25, -0.2) is 0 Å². The van der Waals surface area contributed by atoms with Gasteiger partial charge in [0, 0.05) is 6.42 Å². The van der Waals surface area contributed by atoms with Crippen LogP contribution in [0.1, 0.15) is 84.0 Å². The summed E-state index contributed by atoms with van der Waals surface area (Å²) in [6.45, 7) is 2.23. The molecular weight excluding hydrogens is 250 g/mol. The zero-order valence-corrected chi connectivity index (χ0v) is 13.2. The molecule has 0 aromatic rings. The number of aliphatic carboxylic acids is 1. The van der Waals surface area contributed by atoms with E-state index < -0.39 is 5.97 Å². The fourth-order valence-electron chi connectivity index (χ4n) is 2.09. The summed E-state index contributed by atoms with van der Waals surface area (Å²) in [5.74, 6) is -0.671. The molecule has 0 heterocycles. The normalized spacial score (nSPS) is 11.7. The minimum atomic E-state index is -0.671. The lowest BCUT2D eigenvalue weighted by molar-refractivity contribution is -0.137. The van der Waals surface area contributed by atoms with Gasteiger partial charge in [0.25, 0.3) is 0 Å². The molecule has 2 heteroatoms. The molecule has 0 aromatic heterocycles. The van der Waals surface area contributed by atoms with Gasteiger partial charge in [-0.1, -0.05) is 63.3 Å². The van der Waals surface area contributed by atoms with Crippen LogP contribution < -0.4 is 0 Å². The summed E-state index contributed by atoms with van der Waals surface area (Å²) in [5.41, 5.74) is 0. The minimum Gasteiger partial charge on any atom is -0.481 e. The monoisotopic (exact) mass is 282 g/mol. The van der Waals surface area contributed by atoms with Crippen LogP contribution in [0.5, 0.6) is 0 Å². The van der Waals surface area contributed by atoms with Gasteiger partial charge in [0.05, 0.1) is 0 Å². The van der Waals surface area contributed by atoms with Crippen LogP contribution in [-0.4, -0.2) is 11.1 Å². The highest BCUT2D eigenvalue weighted by Crippen LogP contribution is 2.08. The van der Waals surface area contributed by atoms with Crippen LogP contribution in [0.4, 0.5) is 0 Å². The topological polar surface area (TPSA) is 37.3 Å². The predicted molar refractivity (Wildman–Crippen MR) is 87.0 cm³/mol. The van der Waals surface area contributed by atoms with Crippen molar-refractivity contribution in [2.75, 3.05) is 0 Å². The van der Waals surface area contributed by atoms with E-state index in [0.29, 0.717) is 6.42 Å². The summed E-state index contributed by atoms with van der Waals surface area (Å²) in [7, 11) is 0. The van der Waals surface area contributed by atoms with E-state index in [1.54, 1.807) is 0 Å². The second-order valence-electron chi connectivity index (χ2n) is 5.37. The molecular formula is C18H32O2. The minimum absolute atomic E-state index is 0.324.